The molecule has 2 aromatic carbocycles. The number of hydrogen-bond acceptors (Lipinski definition) is 3. The largest absolute Gasteiger partial charge is 0.318 e. The van der Waals surface area contributed by atoms with E-state index in [9.17, 15) is 0 Å². The molecule has 0 fully saturated rings. The second-order valence-electron chi connectivity index (χ2n) is 3.95. The highest BCUT2D eigenvalue weighted by atomic mass is 32.1. The highest BCUT2D eigenvalue weighted by Crippen LogP contribution is 2.24. The maximum atomic E-state index is 6.20. The first kappa shape index (κ1) is 10.4. The maximum absolute atomic E-state index is 6.20. The molecular formula is C14H12N2S. The van der Waals surface area contributed by atoms with Crippen LogP contribution < -0.4 is 5.73 Å². The molecule has 3 rings (SSSR count). The van der Waals surface area contributed by atoms with E-state index in [0.717, 1.165) is 10.6 Å². The minimum absolute atomic E-state index is 0.125. The van der Waals surface area contributed by atoms with Crippen LogP contribution in [0.1, 0.15) is 16.6 Å². The molecule has 2 N–H and O–H groups in total. The summed E-state index contributed by atoms with van der Waals surface area (Å²) in [7, 11) is 0. The monoisotopic (exact) mass is 240 g/mol. The lowest BCUT2D eigenvalue weighted by Crippen LogP contribution is -2.11. The molecule has 0 aliphatic rings. The van der Waals surface area contributed by atoms with Crippen molar-refractivity contribution in [2.24, 2.45) is 5.73 Å². The topological polar surface area (TPSA) is 38.9 Å². The Balaban J connectivity index is 2.06. The van der Waals surface area contributed by atoms with E-state index in [2.05, 4.69) is 35.3 Å². The van der Waals surface area contributed by atoms with Gasteiger partial charge in [0.05, 0.1) is 6.04 Å². The highest BCUT2D eigenvalue weighted by molar-refractivity contribution is 7.09. The first-order chi connectivity index (χ1) is 8.34. The maximum Gasteiger partial charge on any atom is 0.114 e. The first-order valence-corrected chi connectivity index (χ1v) is 6.36. The van der Waals surface area contributed by atoms with Crippen molar-refractivity contribution < 1.29 is 0 Å². The number of nitrogens with two attached hydrogens (primary N) is 1. The molecule has 3 aromatic rings. The smallest absolute Gasteiger partial charge is 0.114 e. The molecule has 2 nitrogen and oxygen atoms in total. The third-order valence-corrected chi connectivity index (χ3v) is 3.71. The van der Waals surface area contributed by atoms with E-state index >= 15 is 0 Å². The number of hydrogen-bond donors (Lipinski definition) is 1. The van der Waals surface area contributed by atoms with Crippen molar-refractivity contribution in [1.29, 1.82) is 0 Å². The van der Waals surface area contributed by atoms with Crippen LogP contribution in [0.2, 0.25) is 0 Å². The molecule has 84 valence electrons. The third kappa shape index (κ3) is 1.95. The van der Waals surface area contributed by atoms with Gasteiger partial charge in [-0.1, -0.05) is 36.4 Å². The number of benzene rings is 2. The zero-order valence-corrected chi connectivity index (χ0v) is 10.0. The summed E-state index contributed by atoms with van der Waals surface area (Å²) in [6.45, 7) is 0. The van der Waals surface area contributed by atoms with Crippen molar-refractivity contribution in [3.05, 3.63) is 64.6 Å². The summed E-state index contributed by atoms with van der Waals surface area (Å²) in [4.78, 5) is 4.27. The van der Waals surface area contributed by atoms with Gasteiger partial charge in [-0.05, 0) is 22.4 Å². The Labute approximate surface area is 104 Å². The van der Waals surface area contributed by atoms with E-state index in [1.54, 1.807) is 17.5 Å². The van der Waals surface area contributed by atoms with Gasteiger partial charge in [0.15, 0.2) is 0 Å². The molecule has 0 aliphatic heterocycles. The van der Waals surface area contributed by atoms with Crippen LogP contribution in [-0.4, -0.2) is 4.98 Å². The van der Waals surface area contributed by atoms with Gasteiger partial charge in [-0.25, -0.2) is 4.98 Å². The fourth-order valence-electron chi connectivity index (χ4n) is 1.93. The number of thiazole rings is 1. The molecule has 0 amide bonds. The highest BCUT2D eigenvalue weighted by Gasteiger charge is 2.11. The van der Waals surface area contributed by atoms with Crippen molar-refractivity contribution in [1.82, 2.24) is 4.98 Å². The summed E-state index contributed by atoms with van der Waals surface area (Å²) in [6, 6.07) is 14.5. The number of fused-ring (bicyclic) bond motifs is 1. The van der Waals surface area contributed by atoms with Crippen molar-refractivity contribution >= 4 is 22.1 Å². The summed E-state index contributed by atoms with van der Waals surface area (Å²) in [5, 5.41) is 5.37. The van der Waals surface area contributed by atoms with Gasteiger partial charge >= 0.3 is 0 Å². The minimum Gasteiger partial charge on any atom is -0.318 e. The summed E-state index contributed by atoms with van der Waals surface area (Å²) in [6.07, 6.45) is 1.79. The van der Waals surface area contributed by atoms with Crippen LogP contribution in [0.4, 0.5) is 0 Å². The summed E-state index contributed by atoms with van der Waals surface area (Å²) >= 11 is 1.60. The van der Waals surface area contributed by atoms with Crippen molar-refractivity contribution in [2.45, 2.75) is 6.04 Å². The lowest BCUT2D eigenvalue weighted by molar-refractivity contribution is 0.859. The van der Waals surface area contributed by atoms with Crippen LogP contribution in [-0.2, 0) is 0 Å². The van der Waals surface area contributed by atoms with E-state index in [1.807, 2.05) is 17.5 Å². The lowest BCUT2D eigenvalue weighted by atomic mass is 10.0. The Morgan fingerprint density at radius 2 is 1.88 bits per heavy atom. The Bertz CT molecular complexity index is 632. The standard InChI is InChI=1S/C14H12N2S/c15-13(14-16-7-8-17-14)12-6-5-10-3-1-2-4-11(10)9-12/h1-9,13H,15H2. The Morgan fingerprint density at radius 1 is 1.06 bits per heavy atom. The summed E-state index contributed by atoms with van der Waals surface area (Å²) in [5.74, 6) is 0. The second-order valence-corrected chi connectivity index (χ2v) is 4.88. The van der Waals surface area contributed by atoms with E-state index in [0.29, 0.717) is 0 Å². The molecule has 0 saturated carbocycles. The average Bonchev–Trinajstić information content (AvgIpc) is 2.91. The number of nitrogens with zero attached hydrogens (tertiary/aromatic N) is 1. The number of aromatic nitrogens is 1. The van der Waals surface area contributed by atoms with E-state index in [4.69, 9.17) is 5.73 Å². The summed E-state index contributed by atoms with van der Waals surface area (Å²) < 4.78 is 0. The van der Waals surface area contributed by atoms with E-state index in [-0.39, 0.29) is 6.04 Å². The van der Waals surface area contributed by atoms with Crippen molar-refractivity contribution in [2.75, 3.05) is 0 Å². The molecule has 1 atom stereocenters. The molecular weight excluding hydrogens is 228 g/mol. The SMILES string of the molecule is NC(c1ccc2ccccc2c1)c1nccs1. The Kier molecular flexibility index (Phi) is 2.63. The predicted octanol–water partition coefficient (Wildman–Crippen LogP) is 3.34. The molecule has 3 heteroatoms. The minimum atomic E-state index is -0.125. The molecule has 17 heavy (non-hydrogen) atoms. The van der Waals surface area contributed by atoms with Gasteiger partial charge in [-0.15, -0.1) is 11.3 Å². The van der Waals surface area contributed by atoms with E-state index < -0.39 is 0 Å². The van der Waals surface area contributed by atoms with Crippen LogP contribution in [0.5, 0.6) is 0 Å². The van der Waals surface area contributed by atoms with Gasteiger partial charge in [-0.3, -0.25) is 0 Å². The predicted molar refractivity (Wildman–Crippen MR) is 72.1 cm³/mol. The van der Waals surface area contributed by atoms with E-state index in [1.165, 1.54) is 10.8 Å². The fraction of sp³-hybridized carbons (Fsp3) is 0.0714. The summed E-state index contributed by atoms with van der Waals surface area (Å²) in [5.41, 5.74) is 7.31. The Morgan fingerprint density at radius 3 is 2.65 bits per heavy atom. The van der Waals surface area contributed by atoms with Crippen LogP contribution in [0.25, 0.3) is 10.8 Å². The van der Waals surface area contributed by atoms with Gasteiger partial charge in [0.25, 0.3) is 0 Å². The number of rotatable bonds is 2. The zero-order valence-electron chi connectivity index (χ0n) is 9.21. The quantitative estimate of drug-likeness (QED) is 0.746. The van der Waals surface area contributed by atoms with Crippen molar-refractivity contribution in [3.63, 3.8) is 0 Å². The third-order valence-electron chi connectivity index (χ3n) is 2.85. The molecule has 0 radical (unpaired) electrons. The van der Waals surface area contributed by atoms with Crippen LogP contribution in [0.15, 0.2) is 54.0 Å². The molecule has 0 spiro atoms. The van der Waals surface area contributed by atoms with Crippen LogP contribution in [0.3, 0.4) is 0 Å². The van der Waals surface area contributed by atoms with Gasteiger partial charge in [-0.2, -0.15) is 0 Å². The van der Waals surface area contributed by atoms with Crippen LogP contribution in [0, 0.1) is 0 Å². The second kappa shape index (κ2) is 4.28. The zero-order chi connectivity index (χ0) is 11.7. The molecule has 0 bridgehead atoms. The molecule has 1 heterocycles. The molecule has 0 aliphatic carbocycles. The lowest BCUT2D eigenvalue weighted by Gasteiger charge is -2.09. The van der Waals surface area contributed by atoms with Crippen molar-refractivity contribution in [3.8, 4) is 0 Å². The normalized spacial score (nSPS) is 12.8. The Hall–Kier alpha value is -1.71. The molecule has 1 unspecified atom stereocenters. The average molecular weight is 240 g/mol. The molecule has 1 aromatic heterocycles. The van der Waals surface area contributed by atoms with Gasteiger partial charge in [0.2, 0.25) is 0 Å². The first-order valence-electron chi connectivity index (χ1n) is 5.48. The van der Waals surface area contributed by atoms with Gasteiger partial charge in [0, 0.05) is 11.6 Å². The van der Waals surface area contributed by atoms with Gasteiger partial charge in [0.1, 0.15) is 5.01 Å². The van der Waals surface area contributed by atoms with Crippen LogP contribution >= 0.6 is 11.3 Å². The fourth-order valence-corrected chi connectivity index (χ4v) is 2.60. The molecule has 0 saturated heterocycles. The van der Waals surface area contributed by atoms with Gasteiger partial charge < -0.3 is 5.73 Å².